The van der Waals surface area contributed by atoms with Gasteiger partial charge in [-0.25, -0.2) is 0 Å². The molecule has 0 aliphatic rings. The second kappa shape index (κ2) is 5.20. The standard InChI is InChI=1S/C9H11BrN2O3/c10-8-5-6(12(14)15)1-2-7(8)9(13)3-4-11/h1-2,5,9,13H,3-4,11H2/t9-/m0/s1. The van der Waals surface area contributed by atoms with Crippen molar-refractivity contribution in [1.82, 2.24) is 0 Å². The summed E-state index contributed by atoms with van der Waals surface area (Å²) >= 11 is 3.18. The van der Waals surface area contributed by atoms with Gasteiger partial charge in [-0.2, -0.15) is 0 Å². The van der Waals surface area contributed by atoms with Crippen molar-refractivity contribution in [3.8, 4) is 0 Å². The maximum absolute atomic E-state index is 10.5. The van der Waals surface area contributed by atoms with Crippen LogP contribution in [0.4, 0.5) is 5.69 Å². The van der Waals surface area contributed by atoms with Gasteiger partial charge in [-0.15, -0.1) is 0 Å². The topological polar surface area (TPSA) is 89.4 Å². The average molecular weight is 275 g/mol. The Bertz CT molecular complexity index is 370. The molecule has 1 rings (SSSR count). The smallest absolute Gasteiger partial charge is 0.270 e. The molecule has 1 atom stereocenters. The Labute approximate surface area is 95.2 Å². The maximum Gasteiger partial charge on any atom is 0.270 e. The molecule has 0 unspecified atom stereocenters. The zero-order chi connectivity index (χ0) is 11.4. The predicted molar refractivity (Wildman–Crippen MR) is 59.4 cm³/mol. The monoisotopic (exact) mass is 274 g/mol. The number of hydrogen-bond donors (Lipinski definition) is 2. The van der Waals surface area contributed by atoms with Crippen LogP contribution in [0.2, 0.25) is 0 Å². The average Bonchev–Trinajstić information content (AvgIpc) is 2.17. The molecule has 0 aromatic heterocycles. The second-order valence-corrected chi connectivity index (χ2v) is 3.91. The molecule has 0 fully saturated rings. The van der Waals surface area contributed by atoms with Gasteiger partial charge in [0.05, 0.1) is 11.0 Å². The number of nitrogens with zero attached hydrogens (tertiary/aromatic N) is 1. The van der Waals surface area contributed by atoms with E-state index in [1.165, 1.54) is 18.2 Å². The number of benzene rings is 1. The Morgan fingerprint density at radius 1 is 1.60 bits per heavy atom. The summed E-state index contributed by atoms with van der Waals surface area (Å²) in [6, 6.07) is 4.26. The van der Waals surface area contributed by atoms with E-state index in [2.05, 4.69) is 15.9 Å². The molecule has 0 saturated carbocycles. The lowest BCUT2D eigenvalue weighted by molar-refractivity contribution is -0.385. The summed E-state index contributed by atoms with van der Waals surface area (Å²) in [6.07, 6.45) is -0.263. The Morgan fingerprint density at radius 3 is 2.73 bits per heavy atom. The van der Waals surface area contributed by atoms with Crippen molar-refractivity contribution in [3.63, 3.8) is 0 Å². The molecule has 0 saturated heterocycles. The summed E-state index contributed by atoms with van der Waals surface area (Å²) in [5.41, 5.74) is 5.92. The minimum absolute atomic E-state index is 0.00873. The first-order valence-electron chi connectivity index (χ1n) is 4.38. The summed E-state index contributed by atoms with van der Waals surface area (Å²) in [5, 5.41) is 20.1. The summed E-state index contributed by atoms with van der Waals surface area (Å²) < 4.78 is 0.526. The SMILES string of the molecule is NCC[C@H](O)c1ccc([N+](=O)[O-])cc1Br. The molecular weight excluding hydrogens is 264 g/mol. The fourth-order valence-corrected chi connectivity index (χ4v) is 1.84. The van der Waals surface area contributed by atoms with E-state index in [9.17, 15) is 15.2 Å². The predicted octanol–water partition coefficient (Wildman–Crippen LogP) is 1.74. The molecule has 15 heavy (non-hydrogen) atoms. The Kier molecular flexibility index (Phi) is 4.19. The van der Waals surface area contributed by atoms with Gasteiger partial charge in [0.1, 0.15) is 0 Å². The molecule has 82 valence electrons. The van der Waals surface area contributed by atoms with E-state index in [1.54, 1.807) is 0 Å². The van der Waals surface area contributed by atoms with Gasteiger partial charge in [0, 0.05) is 16.6 Å². The second-order valence-electron chi connectivity index (χ2n) is 3.06. The van der Waals surface area contributed by atoms with E-state index in [1.807, 2.05) is 0 Å². The lowest BCUT2D eigenvalue weighted by Crippen LogP contribution is -2.07. The molecular formula is C9H11BrN2O3. The highest BCUT2D eigenvalue weighted by Crippen LogP contribution is 2.28. The van der Waals surface area contributed by atoms with Gasteiger partial charge in [0.15, 0.2) is 0 Å². The molecule has 0 amide bonds. The molecule has 0 aliphatic carbocycles. The minimum atomic E-state index is -0.690. The van der Waals surface area contributed by atoms with E-state index in [4.69, 9.17) is 5.73 Å². The van der Waals surface area contributed by atoms with Crippen molar-refractivity contribution in [2.75, 3.05) is 6.54 Å². The number of halogens is 1. The molecule has 0 spiro atoms. The number of rotatable bonds is 4. The Balaban J connectivity index is 2.97. The van der Waals surface area contributed by atoms with Crippen LogP contribution in [0, 0.1) is 10.1 Å². The van der Waals surface area contributed by atoms with Gasteiger partial charge < -0.3 is 10.8 Å². The highest BCUT2D eigenvalue weighted by molar-refractivity contribution is 9.10. The number of nitro benzene ring substituents is 1. The van der Waals surface area contributed by atoms with E-state index >= 15 is 0 Å². The van der Waals surface area contributed by atoms with Crippen LogP contribution in [0.5, 0.6) is 0 Å². The van der Waals surface area contributed by atoms with E-state index < -0.39 is 11.0 Å². The molecule has 5 nitrogen and oxygen atoms in total. The fraction of sp³-hybridized carbons (Fsp3) is 0.333. The number of nitro groups is 1. The Morgan fingerprint density at radius 2 is 2.27 bits per heavy atom. The maximum atomic E-state index is 10.5. The number of hydrogen-bond acceptors (Lipinski definition) is 4. The van der Waals surface area contributed by atoms with Crippen molar-refractivity contribution >= 4 is 21.6 Å². The first-order valence-corrected chi connectivity index (χ1v) is 5.17. The van der Waals surface area contributed by atoms with Crippen LogP contribution in [0.25, 0.3) is 0 Å². The number of non-ortho nitro benzene ring substituents is 1. The normalized spacial score (nSPS) is 12.5. The third-order valence-electron chi connectivity index (χ3n) is 1.99. The van der Waals surface area contributed by atoms with Gasteiger partial charge in [0.2, 0.25) is 0 Å². The van der Waals surface area contributed by atoms with Crippen molar-refractivity contribution in [3.05, 3.63) is 38.3 Å². The zero-order valence-corrected chi connectivity index (χ0v) is 9.48. The number of aliphatic hydroxyl groups is 1. The Hall–Kier alpha value is -0.980. The third kappa shape index (κ3) is 2.98. The zero-order valence-electron chi connectivity index (χ0n) is 7.89. The highest BCUT2D eigenvalue weighted by Gasteiger charge is 2.14. The van der Waals surface area contributed by atoms with Crippen molar-refractivity contribution in [2.45, 2.75) is 12.5 Å². The van der Waals surface area contributed by atoms with E-state index in [0.717, 1.165) is 0 Å². The van der Waals surface area contributed by atoms with Gasteiger partial charge in [-0.3, -0.25) is 10.1 Å². The molecule has 0 radical (unpaired) electrons. The minimum Gasteiger partial charge on any atom is -0.388 e. The van der Waals surface area contributed by atoms with Gasteiger partial charge in [-0.05, 0) is 24.6 Å². The fourth-order valence-electron chi connectivity index (χ4n) is 1.21. The number of aliphatic hydroxyl groups excluding tert-OH is 1. The van der Waals surface area contributed by atoms with Gasteiger partial charge >= 0.3 is 0 Å². The van der Waals surface area contributed by atoms with Crippen LogP contribution in [-0.4, -0.2) is 16.6 Å². The molecule has 3 N–H and O–H groups in total. The lowest BCUT2D eigenvalue weighted by atomic mass is 10.1. The van der Waals surface area contributed by atoms with Crippen LogP contribution >= 0.6 is 15.9 Å². The largest absolute Gasteiger partial charge is 0.388 e. The molecule has 6 heteroatoms. The van der Waals surface area contributed by atoms with Crippen molar-refractivity contribution in [2.24, 2.45) is 5.73 Å². The van der Waals surface area contributed by atoms with Crippen molar-refractivity contribution < 1.29 is 10.0 Å². The molecule has 1 aromatic carbocycles. The lowest BCUT2D eigenvalue weighted by Gasteiger charge is -2.11. The van der Waals surface area contributed by atoms with Crippen LogP contribution in [0.3, 0.4) is 0 Å². The van der Waals surface area contributed by atoms with Crippen LogP contribution < -0.4 is 5.73 Å². The van der Waals surface area contributed by atoms with Crippen LogP contribution in [0.1, 0.15) is 18.1 Å². The van der Waals surface area contributed by atoms with E-state index in [-0.39, 0.29) is 5.69 Å². The summed E-state index contributed by atoms with van der Waals surface area (Å²) in [7, 11) is 0. The number of nitrogens with two attached hydrogens (primary N) is 1. The summed E-state index contributed by atoms with van der Waals surface area (Å²) in [4.78, 5) is 9.98. The molecule has 0 heterocycles. The molecule has 0 aliphatic heterocycles. The first kappa shape index (κ1) is 12.1. The molecule has 1 aromatic rings. The summed E-state index contributed by atoms with van der Waals surface area (Å²) in [5.74, 6) is 0. The van der Waals surface area contributed by atoms with Gasteiger partial charge in [-0.1, -0.05) is 15.9 Å². The third-order valence-corrected chi connectivity index (χ3v) is 2.68. The summed E-state index contributed by atoms with van der Waals surface area (Å²) in [6.45, 7) is 0.366. The van der Waals surface area contributed by atoms with Crippen LogP contribution in [0.15, 0.2) is 22.7 Å². The van der Waals surface area contributed by atoms with Gasteiger partial charge in [0.25, 0.3) is 5.69 Å². The quantitative estimate of drug-likeness (QED) is 0.647. The first-order chi connectivity index (χ1) is 7.06. The highest BCUT2D eigenvalue weighted by atomic mass is 79.9. The van der Waals surface area contributed by atoms with Crippen molar-refractivity contribution in [1.29, 1.82) is 0 Å². The molecule has 0 bridgehead atoms. The van der Waals surface area contributed by atoms with E-state index in [0.29, 0.717) is 23.0 Å². The van der Waals surface area contributed by atoms with Crippen LogP contribution in [-0.2, 0) is 0 Å².